The fourth-order valence-corrected chi connectivity index (χ4v) is 3.18. The molecule has 0 fully saturated rings. The smallest absolute Gasteiger partial charge is 0.274 e. The predicted molar refractivity (Wildman–Crippen MR) is 85.0 cm³/mol. The third-order valence-corrected chi connectivity index (χ3v) is 4.83. The van der Waals surface area contributed by atoms with Crippen molar-refractivity contribution < 1.29 is 18.1 Å². The molecule has 8 heteroatoms. The van der Waals surface area contributed by atoms with Gasteiger partial charge in [0.15, 0.2) is 9.84 Å². The van der Waals surface area contributed by atoms with Crippen LogP contribution < -0.4 is 5.32 Å². The summed E-state index contributed by atoms with van der Waals surface area (Å²) in [6.45, 7) is 1.49. The number of nitro groups is 1. The Kier molecular flexibility index (Phi) is 4.75. The molecule has 2 aromatic rings. The summed E-state index contributed by atoms with van der Waals surface area (Å²) in [5.41, 5.74) is 0.337. The number of amides is 1. The van der Waals surface area contributed by atoms with Gasteiger partial charge in [-0.15, -0.1) is 0 Å². The Morgan fingerprint density at radius 3 is 2.39 bits per heavy atom. The van der Waals surface area contributed by atoms with E-state index >= 15 is 0 Å². The Balaban J connectivity index is 2.18. The number of rotatable bonds is 5. The normalized spacial score (nSPS) is 11.0. The Morgan fingerprint density at radius 1 is 1.13 bits per heavy atom. The standard InChI is InChI=1S/C15H14N2O5S/c1-11-13(8-5-9-14(11)17(19)20)16-15(18)10-23(21,22)12-6-3-2-4-7-12/h2-9H,10H2,1H3,(H,16,18). The first-order valence-electron chi connectivity index (χ1n) is 6.63. The minimum absolute atomic E-state index is 0.0471. The summed E-state index contributed by atoms with van der Waals surface area (Å²) in [7, 11) is -3.76. The first-order valence-corrected chi connectivity index (χ1v) is 8.28. The summed E-state index contributed by atoms with van der Waals surface area (Å²) in [5.74, 6) is -1.49. The van der Waals surface area contributed by atoms with Crippen molar-refractivity contribution in [1.82, 2.24) is 0 Å². The minimum atomic E-state index is -3.76. The van der Waals surface area contributed by atoms with Crippen LogP contribution in [0.4, 0.5) is 11.4 Å². The summed E-state index contributed by atoms with van der Waals surface area (Å²) in [6.07, 6.45) is 0. The van der Waals surface area contributed by atoms with Gasteiger partial charge in [-0.25, -0.2) is 8.42 Å². The highest BCUT2D eigenvalue weighted by atomic mass is 32.2. The monoisotopic (exact) mass is 334 g/mol. The number of nitrogens with zero attached hydrogens (tertiary/aromatic N) is 1. The van der Waals surface area contributed by atoms with Gasteiger partial charge in [0, 0.05) is 6.07 Å². The minimum Gasteiger partial charge on any atom is -0.325 e. The van der Waals surface area contributed by atoms with E-state index in [0.29, 0.717) is 0 Å². The number of hydrogen-bond donors (Lipinski definition) is 1. The summed E-state index contributed by atoms with van der Waals surface area (Å²) >= 11 is 0. The van der Waals surface area contributed by atoms with Gasteiger partial charge >= 0.3 is 0 Å². The highest BCUT2D eigenvalue weighted by Crippen LogP contribution is 2.25. The third kappa shape index (κ3) is 3.92. The highest BCUT2D eigenvalue weighted by molar-refractivity contribution is 7.92. The Hall–Kier alpha value is -2.74. The average Bonchev–Trinajstić information content (AvgIpc) is 2.49. The Labute approximate surface area is 133 Å². The molecule has 0 saturated heterocycles. The Bertz CT molecular complexity index is 847. The summed E-state index contributed by atoms with van der Waals surface area (Å²) in [4.78, 5) is 22.3. The van der Waals surface area contributed by atoms with E-state index in [0.717, 1.165) is 0 Å². The highest BCUT2D eigenvalue weighted by Gasteiger charge is 2.21. The molecule has 7 nitrogen and oxygen atoms in total. The Morgan fingerprint density at radius 2 is 1.78 bits per heavy atom. The SMILES string of the molecule is Cc1c(NC(=O)CS(=O)(=O)c2ccccc2)cccc1[N+](=O)[O-]. The maximum absolute atomic E-state index is 12.1. The molecular formula is C15H14N2O5S. The molecule has 0 aromatic heterocycles. The van der Waals surface area contributed by atoms with Crippen LogP contribution in [0.3, 0.4) is 0 Å². The lowest BCUT2D eigenvalue weighted by molar-refractivity contribution is -0.385. The second-order valence-electron chi connectivity index (χ2n) is 4.83. The van der Waals surface area contributed by atoms with E-state index in [1.165, 1.54) is 37.3 Å². The maximum Gasteiger partial charge on any atom is 0.274 e. The quantitative estimate of drug-likeness (QED) is 0.667. The van der Waals surface area contributed by atoms with Crippen LogP contribution in [0.15, 0.2) is 53.4 Å². The van der Waals surface area contributed by atoms with Crippen molar-refractivity contribution >= 4 is 27.1 Å². The van der Waals surface area contributed by atoms with Crippen LogP contribution in [-0.2, 0) is 14.6 Å². The molecule has 0 radical (unpaired) electrons. The third-order valence-electron chi connectivity index (χ3n) is 3.20. The van der Waals surface area contributed by atoms with Gasteiger partial charge in [-0.2, -0.15) is 0 Å². The molecule has 0 atom stereocenters. The molecule has 0 aliphatic rings. The lowest BCUT2D eigenvalue weighted by atomic mass is 10.1. The maximum atomic E-state index is 12.1. The van der Waals surface area contributed by atoms with Gasteiger partial charge in [-0.05, 0) is 25.1 Å². The van der Waals surface area contributed by atoms with Crippen molar-refractivity contribution in [3.05, 3.63) is 64.2 Å². The van der Waals surface area contributed by atoms with E-state index in [1.54, 1.807) is 18.2 Å². The number of carbonyl (C=O) groups excluding carboxylic acids is 1. The van der Waals surface area contributed by atoms with Crippen molar-refractivity contribution in [2.45, 2.75) is 11.8 Å². The summed E-state index contributed by atoms with van der Waals surface area (Å²) < 4.78 is 24.2. The molecule has 2 rings (SSSR count). The summed E-state index contributed by atoms with van der Waals surface area (Å²) in [6, 6.07) is 11.8. The predicted octanol–water partition coefficient (Wildman–Crippen LogP) is 2.32. The van der Waals surface area contributed by atoms with Gasteiger partial charge in [-0.1, -0.05) is 24.3 Å². The first kappa shape index (κ1) is 16.6. The van der Waals surface area contributed by atoms with E-state index in [-0.39, 0.29) is 21.8 Å². The molecule has 1 N–H and O–H groups in total. The number of sulfone groups is 1. The van der Waals surface area contributed by atoms with Gasteiger partial charge in [-0.3, -0.25) is 14.9 Å². The number of nitro benzene ring substituents is 1. The first-order chi connectivity index (χ1) is 10.8. The zero-order chi connectivity index (χ0) is 17.0. The van der Waals surface area contributed by atoms with Crippen LogP contribution in [0.5, 0.6) is 0 Å². The van der Waals surface area contributed by atoms with E-state index in [4.69, 9.17) is 0 Å². The lowest BCUT2D eigenvalue weighted by Gasteiger charge is -2.09. The molecule has 0 heterocycles. The number of benzene rings is 2. The second kappa shape index (κ2) is 6.57. The van der Waals surface area contributed by atoms with Crippen molar-refractivity contribution in [2.75, 3.05) is 11.1 Å². The average molecular weight is 334 g/mol. The van der Waals surface area contributed by atoms with Gasteiger partial charge < -0.3 is 5.32 Å². The molecule has 1 amide bonds. The van der Waals surface area contributed by atoms with Crippen LogP contribution in [0.2, 0.25) is 0 Å². The van der Waals surface area contributed by atoms with E-state index in [9.17, 15) is 23.3 Å². The number of carbonyl (C=O) groups is 1. The summed E-state index contributed by atoms with van der Waals surface area (Å²) in [5, 5.41) is 13.3. The van der Waals surface area contributed by atoms with E-state index in [2.05, 4.69) is 5.32 Å². The van der Waals surface area contributed by atoms with E-state index < -0.39 is 26.4 Å². The van der Waals surface area contributed by atoms with Gasteiger partial charge in [0.25, 0.3) is 5.69 Å². The van der Waals surface area contributed by atoms with Crippen molar-refractivity contribution in [1.29, 1.82) is 0 Å². The fourth-order valence-electron chi connectivity index (χ4n) is 2.03. The second-order valence-corrected chi connectivity index (χ2v) is 6.82. The molecule has 0 aliphatic heterocycles. The van der Waals surface area contributed by atoms with Crippen molar-refractivity contribution in [3.63, 3.8) is 0 Å². The van der Waals surface area contributed by atoms with Crippen LogP contribution in [-0.4, -0.2) is 25.0 Å². The molecule has 120 valence electrons. The zero-order valence-electron chi connectivity index (χ0n) is 12.2. The zero-order valence-corrected chi connectivity index (χ0v) is 13.0. The van der Waals surface area contributed by atoms with Gasteiger partial charge in [0.1, 0.15) is 5.75 Å². The topological polar surface area (TPSA) is 106 Å². The van der Waals surface area contributed by atoms with Crippen molar-refractivity contribution in [3.8, 4) is 0 Å². The van der Waals surface area contributed by atoms with Crippen molar-refractivity contribution in [2.24, 2.45) is 0 Å². The molecular weight excluding hydrogens is 320 g/mol. The van der Waals surface area contributed by atoms with E-state index in [1.807, 2.05) is 0 Å². The van der Waals surface area contributed by atoms with Crippen LogP contribution in [0, 0.1) is 17.0 Å². The fraction of sp³-hybridized carbons (Fsp3) is 0.133. The molecule has 23 heavy (non-hydrogen) atoms. The van der Waals surface area contributed by atoms with Gasteiger partial charge in [0.2, 0.25) is 5.91 Å². The molecule has 0 saturated carbocycles. The molecule has 0 unspecified atom stereocenters. The van der Waals surface area contributed by atoms with Crippen LogP contribution >= 0.6 is 0 Å². The molecule has 0 bridgehead atoms. The largest absolute Gasteiger partial charge is 0.325 e. The van der Waals surface area contributed by atoms with Crippen LogP contribution in [0.25, 0.3) is 0 Å². The van der Waals surface area contributed by atoms with Crippen LogP contribution in [0.1, 0.15) is 5.56 Å². The number of hydrogen-bond acceptors (Lipinski definition) is 5. The number of anilines is 1. The number of nitrogens with one attached hydrogen (secondary N) is 1. The molecule has 2 aromatic carbocycles. The lowest BCUT2D eigenvalue weighted by Crippen LogP contribution is -2.23. The molecule has 0 aliphatic carbocycles. The molecule has 0 spiro atoms. The van der Waals surface area contributed by atoms with Gasteiger partial charge in [0.05, 0.1) is 21.1 Å².